The predicted molar refractivity (Wildman–Crippen MR) is 70.3 cm³/mol. The van der Waals surface area contributed by atoms with E-state index in [1.165, 1.54) is 6.20 Å². The van der Waals surface area contributed by atoms with Crippen molar-refractivity contribution in [3.63, 3.8) is 0 Å². The fourth-order valence-electron chi connectivity index (χ4n) is 1.93. The maximum Gasteiger partial charge on any atom is 0.339 e. The topological polar surface area (TPSA) is 100 Å². The average molecular weight is 264 g/mol. The second-order valence-corrected chi connectivity index (χ2v) is 4.42. The first-order valence-electron chi connectivity index (χ1n) is 5.96. The van der Waals surface area contributed by atoms with Crippen LogP contribution < -0.4 is 5.32 Å². The first-order valence-corrected chi connectivity index (χ1v) is 5.96. The Kier molecular flexibility index (Phi) is 3.66. The van der Waals surface area contributed by atoms with Gasteiger partial charge in [-0.2, -0.15) is 5.10 Å². The highest BCUT2D eigenvalue weighted by Gasteiger charge is 2.18. The average Bonchev–Trinajstić information content (AvgIpc) is 2.72. The summed E-state index contributed by atoms with van der Waals surface area (Å²) in [5, 5.41) is 26.0. The lowest BCUT2D eigenvalue weighted by Crippen LogP contribution is -2.19. The molecule has 7 nitrogen and oxygen atoms in total. The number of aromatic carboxylic acids is 1. The molecule has 1 unspecified atom stereocenters. The van der Waals surface area contributed by atoms with Gasteiger partial charge >= 0.3 is 5.97 Å². The number of carboxylic acid groups (broad SMARTS) is 1. The van der Waals surface area contributed by atoms with Crippen LogP contribution in [0, 0.1) is 0 Å². The van der Waals surface area contributed by atoms with E-state index in [-0.39, 0.29) is 18.2 Å². The lowest BCUT2D eigenvalue weighted by Gasteiger charge is -2.16. The van der Waals surface area contributed by atoms with Crippen molar-refractivity contribution in [1.29, 1.82) is 0 Å². The zero-order chi connectivity index (χ0) is 14.0. The third-order valence-electron chi connectivity index (χ3n) is 2.95. The molecular formula is C12H16N4O3. The van der Waals surface area contributed by atoms with Gasteiger partial charge in [0.1, 0.15) is 5.56 Å². The summed E-state index contributed by atoms with van der Waals surface area (Å²) in [5.41, 5.74) is 1.21. The number of hydrogen-bond acceptors (Lipinski definition) is 5. The molecule has 1 atom stereocenters. The van der Waals surface area contributed by atoms with Crippen LogP contribution in [-0.4, -0.2) is 43.6 Å². The number of anilines is 1. The molecule has 19 heavy (non-hydrogen) atoms. The van der Waals surface area contributed by atoms with E-state index in [9.17, 15) is 9.90 Å². The lowest BCUT2D eigenvalue weighted by molar-refractivity contribution is 0.0697. The molecule has 0 aromatic carbocycles. The Morgan fingerprint density at radius 1 is 1.53 bits per heavy atom. The van der Waals surface area contributed by atoms with Crippen LogP contribution in [0.2, 0.25) is 0 Å². The Bertz CT molecular complexity index is 608. The summed E-state index contributed by atoms with van der Waals surface area (Å²) in [7, 11) is 1.75. The molecule has 2 aromatic rings. The minimum absolute atomic E-state index is 0.0395. The Labute approximate surface area is 109 Å². The number of rotatable bonds is 5. The van der Waals surface area contributed by atoms with Crippen LogP contribution in [-0.2, 0) is 7.05 Å². The first-order chi connectivity index (χ1) is 9.04. The van der Waals surface area contributed by atoms with Gasteiger partial charge in [-0.05, 0) is 13.3 Å². The van der Waals surface area contributed by atoms with Gasteiger partial charge in [0, 0.05) is 25.9 Å². The zero-order valence-corrected chi connectivity index (χ0v) is 10.8. The van der Waals surface area contributed by atoms with Gasteiger partial charge in [0.05, 0.1) is 17.3 Å². The van der Waals surface area contributed by atoms with E-state index < -0.39 is 5.97 Å². The van der Waals surface area contributed by atoms with Crippen LogP contribution in [0.5, 0.6) is 0 Å². The van der Waals surface area contributed by atoms with E-state index in [0.717, 1.165) is 0 Å². The van der Waals surface area contributed by atoms with Crippen LogP contribution in [0.1, 0.15) is 23.7 Å². The molecule has 0 spiro atoms. The molecule has 0 fully saturated rings. The normalized spacial score (nSPS) is 12.6. The first kappa shape index (κ1) is 13.3. The van der Waals surface area contributed by atoms with Crippen LogP contribution >= 0.6 is 0 Å². The van der Waals surface area contributed by atoms with E-state index >= 15 is 0 Å². The standard InChI is InChI=1S/C12H16N4O3/c1-7(3-4-17)15-10-8-6-14-16(2)11(8)13-5-9(10)12(18)19/h5-7,17H,3-4H2,1-2H3,(H,13,15)(H,18,19). The largest absolute Gasteiger partial charge is 0.478 e. The molecule has 3 N–H and O–H groups in total. The molecule has 2 rings (SSSR count). The van der Waals surface area contributed by atoms with Crippen molar-refractivity contribution in [2.45, 2.75) is 19.4 Å². The van der Waals surface area contributed by atoms with E-state index in [0.29, 0.717) is 23.1 Å². The van der Waals surface area contributed by atoms with Crippen molar-refractivity contribution in [1.82, 2.24) is 14.8 Å². The fourth-order valence-corrected chi connectivity index (χ4v) is 1.93. The highest BCUT2D eigenvalue weighted by molar-refractivity contribution is 6.03. The molecule has 0 aliphatic heterocycles. The summed E-state index contributed by atoms with van der Waals surface area (Å²) in [6.45, 7) is 1.92. The van der Waals surface area contributed by atoms with Crippen molar-refractivity contribution in [2.75, 3.05) is 11.9 Å². The van der Waals surface area contributed by atoms with Gasteiger partial charge in [-0.3, -0.25) is 4.68 Å². The summed E-state index contributed by atoms with van der Waals surface area (Å²) in [6.07, 6.45) is 3.44. The summed E-state index contributed by atoms with van der Waals surface area (Å²) in [5.74, 6) is -1.04. The fraction of sp³-hybridized carbons (Fsp3) is 0.417. The highest BCUT2D eigenvalue weighted by Crippen LogP contribution is 2.26. The van der Waals surface area contributed by atoms with Crippen LogP contribution in [0.15, 0.2) is 12.4 Å². The second kappa shape index (κ2) is 5.23. The van der Waals surface area contributed by atoms with Crippen molar-refractivity contribution < 1.29 is 15.0 Å². The number of nitrogens with one attached hydrogen (secondary N) is 1. The van der Waals surface area contributed by atoms with Crippen LogP contribution in [0.25, 0.3) is 11.0 Å². The van der Waals surface area contributed by atoms with E-state index in [2.05, 4.69) is 15.4 Å². The summed E-state index contributed by atoms with van der Waals surface area (Å²) < 4.78 is 1.59. The highest BCUT2D eigenvalue weighted by atomic mass is 16.4. The minimum Gasteiger partial charge on any atom is -0.478 e. The minimum atomic E-state index is -1.04. The van der Waals surface area contributed by atoms with Crippen molar-refractivity contribution in [2.24, 2.45) is 7.05 Å². The molecule has 0 saturated heterocycles. The monoisotopic (exact) mass is 264 g/mol. The molecule has 2 aromatic heterocycles. The molecule has 0 bridgehead atoms. The number of hydrogen-bond donors (Lipinski definition) is 3. The van der Waals surface area contributed by atoms with Gasteiger partial charge in [0.15, 0.2) is 5.65 Å². The quantitative estimate of drug-likeness (QED) is 0.740. The van der Waals surface area contributed by atoms with E-state index in [1.807, 2.05) is 6.92 Å². The number of aliphatic hydroxyl groups excluding tert-OH is 1. The van der Waals surface area contributed by atoms with Gasteiger partial charge in [-0.1, -0.05) is 0 Å². The molecule has 0 saturated carbocycles. The van der Waals surface area contributed by atoms with Gasteiger partial charge < -0.3 is 15.5 Å². The van der Waals surface area contributed by atoms with Crippen LogP contribution in [0.4, 0.5) is 5.69 Å². The summed E-state index contributed by atoms with van der Waals surface area (Å²) in [4.78, 5) is 15.4. The van der Waals surface area contributed by atoms with Crippen molar-refractivity contribution in [3.05, 3.63) is 18.0 Å². The maximum atomic E-state index is 11.3. The third-order valence-corrected chi connectivity index (χ3v) is 2.95. The Morgan fingerprint density at radius 3 is 2.89 bits per heavy atom. The molecular weight excluding hydrogens is 248 g/mol. The molecule has 7 heteroatoms. The van der Waals surface area contributed by atoms with Crippen molar-refractivity contribution in [3.8, 4) is 0 Å². The zero-order valence-electron chi connectivity index (χ0n) is 10.8. The second-order valence-electron chi connectivity index (χ2n) is 4.42. The summed E-state index contributed by atoms with van der Waals surface area (Å²) in [6, 6.07) is -0.0473. The number of nitrogens with zero attached hydrogens (tertiary/aromatic N) is 3. The molecule has 0 aliphatic carbocycles. The smallest absolute Gasteiger partial charge is 0.339 e. The van der Waals surface area contributed by atoms with Gasteiger partial charge in [-0.15, -0.1) is 0 Å². The van der Waals surface area contributed by atoms with Gasteiger partial charge in [-0.25, -0.2) is 9.78 Å². The van der Waals surface area contributed by atoms with Gasteiger partial charge in [0.25, 0.3) is 0 Å². The Morgan fingerprint density at radius 2 is 2.26 bits per heavy atom. The van der Waals surface area contributed by atoms with E-state index in [4.69, 9.17) is 5.11 Å². The molecule has 0 amide bonds. The third kappa shape index (κ3) is 2.50. The SMILES string of the molecule is CC(CCO)Nc1c(C(=O)O)cnc2c1cnn2C. The lowest BCUT2D eigenvalue weighted by atomic mass is 10.1. The van der Waals surface area contributed by atoms with Crippen molar-refractivity contribution >= 4 is 22.7 Å². The number of aryl methyl sites for hydroxylation is 1. The van der Waals surface area contributed by atoms with Gasteiger partial charge in [0.2, 0.25) is 0 Å². The molecule has 102 valence electrons. The maximum absolute atomic E-state index is 11.3. The predicted octanol–water partition coefficient (Wildman–Crippen LogP) is 0.849. The molecule has 0 radical (unpaired) electrons. The summed E-state index contributed by atoms with van der Waals surface area (Å²) >= 11 is 0. The Hall–Kier alpha value is -2.15. The molecule has 2 heterocycles. The number of carboxylic acids is 1. The molecule has 0 aliphatic rings. The van der Waals surface area contributed by atoms with E-state index in [1.54, 1.807) is 17.9 Å². The number of aromatic nitrogens is 3. The number of fused-ring (bicyclic) bond motifs is 1. The number of carbonyl (C=O) groups is 1. The number of pyridine rings is 1. The van der Waals surface area contributed by atoms with Crippen LogP contribution in [0.3, 0.4) is 0 Å². The number of aliphatic hydroxyl groups is 1. The Balaban J connectivity index is 2.52.